The Labute approximate surface area is 70.1 Å². The molecule has 1 rings (SSSR count). The molecule has 0 aromatic carbocycles. The molecular formula is C6H11BrO2S. The first kappa shape index (κ1) is 8.53. The molecule has 0 bridgehead atoms. The van der Waals surface area contributed by atoms with Gasteiger partial charge in [-0.1, -0.05) is 15.9 Å². The Morgan fingerprint density at radius 1 is 1.50 bits per heavy atom. The number of rotatable bonds is 0. The van der Waals surface area contributed by atoms with Gasteiger partial charge >= 0.3 is 0 Å². The smallest absolute Gasteiger partial charge is 0.156 e. The van der Waals surface area contributed by atoms with Crippen LogP contribution < -0.4 is 0 Å². The highest BCUT2D eigenvalue weighted by Gasteiger charge is 2.46. The van der Waals surface area contributed by atoms with Crippen molar-refractivity contribution in [3.05, 3.63) is 0 Å². The second-order valence-corrected chi connectivity index (χ2v) is 6.97. The van der Waals surface area contributed by atoms with E-state index >= 15 is 0 Å². The van der Waals surface area contributed by atoms with Crippen molar-refractivity contribution in [2.45, 2.75) is 29.8 Å². The highest BCUT2D eigenvalue weighted by molar-refractivity contribution is 9.09. The summed E-state index contributed by atoms with van der Waals surface area (Å²) in [7, 11) is -2.82. The van der Waals surface area contributed by atoms with Gasteiger partial charge in [-0.3, -0.25) is 0 Å². The lowest BCUT2D eigenvalue weighted by molar-refractivity contribution is 0.564. The van der Waals surface area contributed by atoms with Crippen LogP contribution in [0.2, 0.25) is 0 Å². The van der Waals surface area contributed by atoms with Crippen LogP contribution >= 0.6 is 15.9 Å². The van der Waals surface area contributed by atoms with Crippen molar-refractivity contribution in [1.82, 2.24) is 0 Å². The van der Waals surface area contributed by atoms with Gasteiger partial charge in [0.15, 0.2) is 9.84 Å². The molecule has 0 radical (unpaired) electrons. The molecule has 0 aromatic rings. The van der Waals surface area contributed by atoms with E-state index < -0.39 is 14.6 Å². The van der Waals surface area contributed by atoms with Crippen LogP contribution in [0.1, 0.15) is 20.3 Å². The molecule has 0 amide bonds. The number of sulfone groups is 1. The van der Waals surface area contributed by atoms with Crippen molar-refractivity contribution in [3.63, 3.8) is 0 Å². The van der Waals surface area contributed by atoms with Crippen LogP contribution in [0.4, 0.5) is 0 Å². The number of hydrogen-bond donors (Lipinski definition) is 0. The number of hydrogen-bond acceptors (Lipinski definition) is 2. The summed E-state index contributed by atoms with van der Waals surface area (Å²) >= 11 is 3.36. The normalized spacial score (nSPS) is 36.1. The van der Waals surface area contributed by atoms with E-state index in [1.807, 2.05) is 0 Å². The molecule has 10 heavy (non-hydrogen) atoms. The van der Waals surface area contributed by atoms with Crippen molar-refractivity contribution in [2.75, 3.05) is 5.75 Å². The predicted molar refractivity (Wildman–Crippen MR) is 45.2 cm³/mol. The third-order valence-electron chi connectivity index (χ3n) is 2.20. The molecule has 0 spiro atoms. The summed E-state index contributed by atoms with van der Waals surface area (Å²) in [6.45, 7) is 3.55. The van der Waals surface area contributed by atoms with Crippen molar-refractivity contribution < 1.29 is 8.42 Å². The topological polar surface area (TPSA) is 34.1 Å². The maximum atomic E-state index is 11.3. The monoisotopic (exact) mass is 226 g/mol. The summed E-state index contributed by atoms with van der Waals surface area (Å²) in [6, 6.07) is 0. The number of alkyl halides is 1. The Bertz CT molecular complexity index is 230. The van der Waals surface area contributed by atoms with E-state index in [9.17, 15) is 8.42 Å². The lowest BCUT2D eigenvalue weighted by atomic mass is 10.1. The standard InChI is InChI=1S/C6H11BrO2S/c1-6(2)5(7)3-4-10(6,8)9/h5H,3-4H2,1-2H3. The van der Waals surface area contributed by atoms with Gasteiger partial charge in [0.25, 0.3) is 0 Å². The van der Waals surface area contributed by atoms with Gasteiger partial charge in [0.2, 0.25) is 0 Å². The van der Waals surface area contributed by atoms with Crippen LogP contribution in [-0.2, 0) is 9.84 Å². The molecule has 4 heteroatoms. The lowest BCUT2D eigenvalue weighted by Crippen LogP contribution is -2.33. The molecule has 0 aromatic heterocycles. The van der Waals surface area contributed by atoms with E-state index in [-0.39, 0.29) is 4.83 Å². The van der Waals surface area contributed by atoms with E-state index in [0.29, 0.717) is 5.75 Å². The molecule has 1 heterocycles. The predicted octanol–water partition coefficient (Wildman–Crippen LogP) is 1.35. The van der Waals surface area contributed by atoms with Crippen LogP contribution in [0.15, 0.2) is 0 Å². The molecule has 60 valence electrons. The maximum Gasteiger partial charge on any atom is 0.156 e. The Morgan fingerprint density at radius 2 is 2.00 bits per heavy atom. The third-order valence-corrected chi connectivity index (χ3v) is 6.76. The lowest BCUT2D eigenvalue weighted by Gasteiger charge is -2.20. The minimum Gasteiger partial charge on any atom is -0.228 e. The van der Waals surface area contributed by atoms with Crippen LogP contribution in [0, 0.1) is 0 Å². The van der Waals surface area contributed by atoms with E-state index in [1.54, 1.807) is 13.8 Å². The zero-order chi connectivity index (χ0) is 7.99. The fourth-order valence-electron chi connectivity index (χ4n) is 1.06. The van der Waals surface area contributed by atoms with Crippen LogP contribution in [0.25, 0.3) is 0 Å². The second kappa shape index (κ2) is 2.21. The average Bonchev–Trinajstić information content (AvgIpc) is 1.94. The first-order chi connectivity index (χ1) is 4.38. The van der Waals surface area contributed by atoms with E-state index in [0.717, 1.165) is 6.42 Å². The Kier molecular flexibility index (Phi) is 1.88. The summed E-state index contributed by atoms with van der Waals surface area (Å²) in [5, 5.41) is 0. The van der Waals surface area contributed by atoms with E-state index in [2.05, 4.69) is 15.9 Å². The highest BCUT2D eigenvalue weighted by Crippen LogP contribution is 2.36. The zero-order valence-electron chi connectivity index (χ0n) is 6.09. The highest BCUT2D eigenvalue weighted by atomic mass is 79.9. The Morgan fingerprint density at radius 3 is 2.10 bits per heavy atom. The molecule has 0 aliphatic carbocycles. The molecule has 1 atom stereocenters. The van der Waals surface area contributed by atoms with Crippen LogP contribution in [0.3, 0.4) is 0 Å². The van der Waals surface area contributed by atoms with Gasteiger partial charge in [-0.05, 0) is 20.3 Å². The molecule has 1 aliphatic heterocycles. The maximum absolute atomic E-state index is 11.3. The van der Waals surface area contributed by atoms with Gasteiger partial charge in [-0.15, -0.1) is 0 Å². The van der Waals surface area contributed by atoms with Crippen molar-refractivity contribution in [1.29, 1.82) is 0 Å². The van der Waals surface area contributed by atoms with Gasteiger partial charge in [0.05, 0.1) is 10.5 Å². The summed E-state index contributed by atoms with van der Waals surface area (Å²) in [6.07, 6.45) is 0.745. The van der Waals surface area contributed by atoms with Crippen molar-refractivity contribution >= 4 is 25.8 Å². The molecule has 0 saturated carbocycles. The van der Waals surface area contributed by atoms with Gasteiger partial charge in [-0.25, -0.2) is 8.42 Å². The molecule has 1 unspecified atom stereocenters. The molecule has 0 N–H and O–H groups in total. The molecule has 2 nitrogen and oxygen atoms in total. The summed E-state index contributed by atoms with van der Waals surface area (Å²) < 4.78 is 22.0. The Hall–Kier alpha value is 0.430. The quantitative estimate of drug-likeness (QED) is 0.585. The third kappa shape index (κ3) is 1.01. The second-order valence-electron chi connectivity index (χ2n) is 3.18. The first-order valence-electron chi connectivity index (χ1n) is 3.24. The largest absolute Gasteiger partial charge is 0.228 e. The van der Waals surface area contributed by atoms with Gasteiger partial charge in [-0.2, -0.15) is 0 Å². The Balaban J connectivity index is 3.08. The van der Waals surface area contributed by atoms with E-state index in [4.69, 9.17) is 0 Å². The molecule has 1 aliphatic rings. The molecule has 1 fully saturated rings. The fourth-order valence-corrected chi connectivity index (χ4v) is 4.03. The minimum absolute atomic E-state index is 0.130. The van der Waals surface area contributed by atoms with Crippen molar-refractivity contribution in [2.24, 2.45) is 0 Å². The molecular weight excluding hydrogens is 216 g/mol. The average molecular weight is 227 g/mol. The van der Waals surface area contributed by atoms with Crippen molar-refractivity contribution in [3.8, 4) is 0 Å². The first-order valence-corrected chi connectivity index (χ1v) is 5.81. The zero-order valence-corrected chi connectivity index (χ0v) is 8.50. The van der Waals surface area contributed by atoms with Crippen LogP contribution in [0.5, 0.6) is 0 Å². The SMILES string of the molecule is CC1(C)C(Br)CCS1(=O)=O. The summed E-state index contributed by atoms with van der Waals surface area (Å²) in [4.78, 5) is 0.130. The molecule has 1 saturated heterocycles. The summed E-state index contributed by atoms with van der Waals surface area (Å²) in [5.41, 5.74) is 0. The van der Waals surface area contributed by atoms with E-state index in [1.165, 1.54) is 0 Å². The number of halogens is 1. The van der Waals surface area contributed by atoms with Gasteiger partial charge in [0, 0.05) is 4.83 Å². The fraction of sp³-hybridized carbons (Fsp3) is 1.00. The van der Waals surface area contributed by atoms with Gasteiger partial charge in [0.1, 0.15) is 0 Å². The summed E-state index contributed by atoms with van der Waals surface area (Å²) in [5.74, 6) is 0.329. The van der Waals surface area contributed by atoms with Gasteiger partial charge < -0.3 is 0 Å². The minimum atomic E-state index is -2.82. The van der Waals surface area contributed by atoms with Crippen LogP contribution in [-0.4, -0.2) is 23.7 Å².